The van der Waals surface area contributed by atoms with Crippen molar-refractivity contribution in [2.24, 2.45) is 5.73 Å². The Balaban J connectivity index is 2.72. The summed E-state index contributed by atoms with van der Waals surface area (Å²) in [4.78, 5) is 8.35. The third-order valence-electron chi connectivity index (χ3n) is 1.42. The zero-order valence-electron chi connectivity index (χ0n) is 7.46. The molecule has 0 aliphatic heterocycles. The van der Waals surface area contributed by atoms with Crippen LogP contribution in [0.5, 0.6) is 0 Å². The number of nitrogens with one attached hydrogen (secondary N) is 1. The summed E-state index contributed by atoms with van der Waals surface area (Å²) in [6.45, 7) is 5.18. The van der Waals surface area contributed by atoms with E-state index in [2.05, 4.69) is 15.3 Å². The quantitative estimate of drug-likeness (QED) is 0.685. The average Bonchev–Trinajstić information content (AvgIpc) is 1.99. The van der Waals surface area contributed by atoms with Crippen molar-refractivity contribution < 1.29 is 0 Å². The molecule has 12 heavy (non-hydrogen) atoms. The number of aryl methyl sites for hydroxylation is 2. The fourth-order valence-corrected chi connectivity index (χ4v) is 1.01. The van der Waals surface area contributed by atoms with E-state index in [1.807, 2.05) is 19.9 Å². The van der Waals surface area contributed by atoms with Gasteiger partial charge in [0.15, 0.2) is 0 Å². The van der Waals surface area contributed by atoms with Gasteiger partial charge in [-0.05, 0) is 13.8 Å². The van der Waals surface area contributed by atoms with E-state index in [1.54, 1.807) is 0 Å². The monoisotopic (exact) mass is 166 g/mol. The van der Waals surface area contributed by atoms with Crippen molar-refractivity contribution in [1.82, 2.24) is 9.97 Å². The molecule has 0 fully saturated rings. The van der Waals surface area contributed by atoms with E-state index in [0.717, 1.165) is 23.9 Å². The number of nitrogens with two attached hydrogens (primary N) is 1. The van der Waals surface area contributed by atoms with Gasteiger partial charge in [0, 0.05) is 24.8 Å². The molecule has 0 aromatic carbocycles. The third-order valence-corrected chi connectivity index (χ3v) is 1.42. The minimum Gasteiger partial charge on any atom is -0.369 e. The molecule has 66 valence electrons. The Labute approximate surface area is 72.2 Å². The molecular weight excluding hydrogens is 152 g/mol. The molecule has 0 aliphatic carbocycles. The van der Waals surface area contributed by atoms with Gasteiger partial charge < -0.3 is 11.1 Å². The summed E-state index contributed by atoms with van der Waals surface area (Å²) in [5.74, 6) is 1.64. The first-order valence-electron chi connectivity index (χ1n) is 3.98. The first kappa shape index (κ1) is 8.93. The summed E-state index contributed by atoms with van der Waals surface area (Å²) in [5.41, 5.74) is 6.32. The molecule has 0 spiro atoms. The lowest BCUT2D eigenvalue weighted by Crippen LogP contribution is -2.14. The summed E-state index contributed by atoms with van der Waals surface area (Å²) >= 11 is 0. The summed E-state index contributed by atoms with van der Waals surface area (Å²) in [6.07, 6.45) is 0. The van der Waals surface area contributed by atoms with Gasteiger partial charge in [0.25, 0.3) is 0 Å². The number of nitrogens with zero attached hydrogens (tertiary/aromatic N) is 2. The minimum atomic E-state index is 0.613. The highest BCUT2D eigenvalue weighted by Gasteiger charge is 1.95. The zero-order valence-corrected chi connectivity index (χ0v) is 7.46. The molecule has 0 saturated heterocycles. The second-order valence-corrected chi connectivity index (χ2v) is 2.66. The summed E-state index contributed by atoms with van der Waals surface area (Å²) < 4.78 is 0. The predicted octanol–water partition coefficient (Wildman–Crippen LogP) is 0.464. The molecule has 1 rings (SSSR count). The van der Waals surface area contributed by atoms with Crippen molar-refractivity contribution in [2.75, 3.05) is 18.4 Å². The van der Waals surface area contributed by atoms with Crippen molar-refractivity contribution in [3.8, 4) is 0 Å². The molecule has 0 radical (unpaired) electrons. The molecule has 0 atom stereocenters. The molecule has 1 aromatic heterocycles. The molecule has 3 N–H and O–H groups in total. The molecule has 4 nitrogen and oxygen atoms in total. The lowest BCUT2D eigenvalue weighted by molar-refractivity contribution is 0.970. The summed E-state index contributed by atoms with van der Waals surface area (Å²) in [6, 6.07) is 1.91. The van der Waals surface area contributed by atoms with Crippen LogP contribution >= 0.6 is 0 Å². The van der Waals surface area contributed by atoms with Crippen LogP contribution in [0.15, 0.2) is 6.07 Å². The normalized spacial score (nSPS) is 9.92. The average molecular weight is 166 g/mol. The Hall–Kier alpha value is -1.16. The van der Waals surface area contributed by atoms with Gasteiger partial charge in [-0.15, -0.1) is 0 Å². The Morgan fingerprint density at radius 2 is 2.17 bits per heavy atom. The van der Waals surface area contributed by atoms with E-state index in [-0.39, 0.29) is 0 Å². The van der Waals surface area contributed by atoms with Crippen LogP contribution in [-0.4, -0.2) is 23.1 Å². The largest absolute Gasteiger partial charge is 0.369 e. The molecule has 0 amide bonds. The van der Waals surface area contributed by atoms with Gasteiger partial charge in [0.05, 0.1) is 0 Å². The second-order valence-electron chi connectivity index (χ2n) is 2.66. The van der Waals surface area contributed by atoms with E-state index in [9.17, 15) is 0 Å². The van der Waals surface area contributed by atoms with Crippen molar-refractivity contribution in [3.63, 3.8) is 0 Å². The van der Waals surface area contributed by atoms with Gasteiger partial charge in [-0.25, -0.2) is 9.97 Å². The van der Waals surface area contributed by atoms with Crippen LogP contribution in [-0.2, 0) is 0 Å². The van der Waals surface area contributed by atoms with Gasteiger partial charge in [0.2, 0.25) is 0 Å². The molecule has 1 aromatic rings. The van der Waals surface area contributed by atoms with Gasteiger partial charge in [-0.1, -0.05) is 0 Å². The second kappa shape index (κ2) is 4.01. The van der Waals surface area contributed by atoms with E-state index in [0.29, 0.717) is 6.54 Å². The molecule has 0 saturated carbocycles. The maximum Gasteiger partial charge on any atom is 0.129 e. The fraction of sp³-hybridized carbons (Fsp3) is 0.500. The Morgan fingerprint density at radius 1 is 1.42 bits per heavy atom. The Kier molecular flexibility index (Phi) is 2.99. The van der Waals surface area contributed by atoms with Crippen molar-refractivity contribution in [2.45, 2.75) is 13.8 Å². The lowest BCUT2D eigenvalue weighted by atomic mass is 10.4. The van der Waals surface area contributed by atoms with Gasteiger partial charge in [-0.3, -0.25) is 0 Å². The van der Waals surface area contributed by atoms with E-state index in [1.165, 1.54) is 0 Å². The van der Waals surface area contributed by atoms with Crippen LogP contribution in [0.25, 0.3) is 0 Å². The zero-order chi connectivity index (χ0) is 8.97. The van der Waals surface area contributed by atoms with Gasteiger partial charge >= 0.3 is 0 Å². The van der Waals surface area contributed by atoms with Crippen molar-refractivity contribution in [3.05, 3.63) is 17.6 Å². The van der Waals surface area contributed by atoms with Crippen molar-refractivity contribution >= 4 is 5.82 Å². The first-order chi connectivity index (χ1) is 5.72. The molecule has 0 unspecified atom stereocenters. The molecule has 1 heterocycles. The maximum atomic E-state index is 5.35. The number of rotatable bonds is 3. The first-order valence-corrected chi connectivity index (χ1v) is 3.98. The lowest BCUT2D eigenvalue weighted by Gasteiger charge is -2.04. The highest BCUT2D eigenvalue weighted by atomic mass is 15.0. The van der Waals surface area contributed by atoms with E-state index in [4.69, 9.17) is 5.73 Å². The van der Waals surface area contributed by atoms with Gasteiger partial charge in [-0.2, -0.15) is 0 Å². The third kappa shape index (κ3) is 2.47. The standard InChI is InChI=1S/C8H14N4/c1-6-5-8(10-4-3-9)12-7(2)11-6/h5H,3-4,9H2,1-2H3,(H,10,11,12). The highest BCUT2D eigenvalue weighted by molar-refractivity contribution is 5.35. The van der Waals surface area contributed by atoms with Crippen LogP contribution in [0.2, 0.25) is 0 Å². The Morgan fingerprint density at radius 3 is 2.75 bits per heavy atom. The molecule has 4 heteroatoms. The topological polar surface area (TPSA) is 63.8 Å². The van der Waals surface area contributed by atoms with E-state index >= 15 is 0 Å². The van der Waals surface area contributed by atoms with Crippen LogP contribution in [0, 0.1) is 13.8 Å². The van der Waals surface area contributed by atoms with Crippen molar-refractivity contribution in [1.29, 1.82) is 0 Å². The van der Waals surface area contributed by atoms with Crippen LogP contribution in [0.4, 0.5) is 5.82 Å². The van der Waals surface area contributed by atoms with Gasteiger partial charge in [0.1, 0.15) is 11.6 Å². The number of hydrogen-bond acceptors (Lipinski definition) is 4. The number of anilines is 1. The van der Waals surface area contributed by atoms with Crippen LogP contribution in [0.1, 0.15) is 11.5 Å². The maximum absolute atomic E-state index is 5.35. The summed E-state index contributed by atoms with van der Waals surface area (Å²) in [7, 11) is 0. The fourth-order valence-electron chi connectivity index (χ4n) is 1.01. The number of hydrogen-bond donors (Lipinski definition) is 2. The molecular formula is C8H14N4. The van der Waals surface area contributed by atoms with E-state index < -0.39 is 0 Å². The predicted molar refractivity (Wildman–Crippen MR) is 49.1 cm³/mol. The Bertz CT molecular complexity index is 239. The minimum absolute atomic E-state index is 0.613. The van der Waals surface area contributed by atoms with Crippen LogP contribution in [0.3, 0.4) is 0 Å². The molecule has 0 bridgehead atoms. The summed E-state index contributed by atoms with van der Waals surface area (Å²) in [5, 5.41) is 3.10. The SMILES string of the molecule is Cc1cc(NCCN)nc(C)n1. The van der Waals surface area contributed by atoms with Crippen LogP contribution < -0.4 is 11.1 Å². The smallest absolute Gasteiger partial charge is 0.129 e. The molecule has 0 aliphatic rings. The highest BCUT2D eigenvalue weighted by Crippen LogP contribution is 2.04. The number of aromatic nitrogens is 2.